The Hall–Kier alpha value is -0.000000000000000111. The summed E-state index contributed by atoms with van der Waals surface area (Å²) in [5, 5.41) is 0.142. The number of hydrogen-bond acceptors (Lipinski definition) is 2. The van der Waals surface area contributed by atoms with E-state index in [0.29, 0.717) is 13.0 Å². The van der Waals surface area contributed by atoms with E-state index < -0.39 is 0 Å². The molecule has 1 saturated heterocycles. The summed E-state index contributed by atoms with van der Waals surface area (Å²) >= 11 is 11.2. The quantitative estimate of drug-likeness (QED) is 0.771. The van der Waals surface area contributed by atoms with E-state index in [2.05, 4.69) is 44.5 Å². The molecular weight excluding hydrogens is 342 g/mol. The zero-order valence-electron chi connectivity index (χ0n) is 7.78. The fourth-order valence-corrected chi connectivity index (χ4v) is 2.74. The number of anilines is 1. The monoisotopic (exact) mass is 349 g/mol. The van der Waals surface area contributed by atoms with Gasteiger partial charge in [-0.2, -0.15) is 12.6 Å². The SMILES string of the molecule is O=C1CC(S)CN1c1cc(Br)ccc1Br. The Labute approximate surface area is 111 Å². The highest BCUT2D eigenvalue weighted by atomic mass is 79.9. The van der Waals surface area contributed by atoms with Crippen LogP contribution in [0.5, 0.6) is 0 Å². The summed E-state index contributed by atoms with van der Waals surface area (Å²) in [7, 11) is 0. The maximum absolute atomic E-state index is 11.7. The Morgan fingerprint density at radius 3 is 2.73 bits per heavy atom. The molecule has 0 aliphatic carbocycles. The van der Waals surface area contributed by atoms with Gasteiger partial charge in [0.15, 0.2) is 0 Å². The number of nitrogens with zero attached hydrogens (tertiary/aromatic N) is 1. The van der Waals surface area contributed by atoms with Crippen LogP contribution in [-0.2, 0) is 4.79 Å². The van der Waals surface area contributed by atoms with Crippen molar-refractivity contribution in [2.75, 3.05) is 11.4 Å². The van der Waals surface area contributed by atoms with Gasteiger partial charge < -0.3 is 4.90 Å². The lowest BCUT2D eigenvalue weighted by molar-refractivity contribution is -0.117. The van der Waals surface area contributed by atoms with Crippen molar-refractivity contribution < 1.29 is 4.79 Å². The standard InChI is InChI=1S/C10H9Br2NOS/c11-6-1-2-8(12)9(3-6)13-5-7(15)4-10(13)14/h1-3,7,15H,4-5H2. The highest BCUT2D eigenvalue weighted by molar-refractivity contribution is 9.11. The minimum absolute atomic E-state index is 0.133. The van der Waals surface area contributed by atoms with Gasteiger partial charge in [-0.15, -0.1) is 0 Å². The maximum atomic E-state index is 11.7. The number of carbonyl (C=O) groups excluding carboxylic acids is 1. The normalized spacial score (nSPS) is 21.1. The third-order valence-electron chi connectivity index (χ3n) is 2.30. The van der Waals surface area contributed by atoms with Crippen molar-refractivity contribution in [2.45, 2.75) is 11.7 Å². The lowest BCUT2D eigenvalue weighted by Crippen LogP contribution is -2.24. The molecule has 0 N–H and O–H groups in total. The number of carbonyl (C=O) groups is 1. The van der Waals surface area contributed by atoms with E-state index in [0.717, 1.165) is 14.6 Å². The van der Waals surface area contributed by atoms with E-state index in [1.807, 2.05) is 18.2 Å². The summed E-state index contributed by atoms with van der Waals surface area (Å²) in [4.78, 5) is 13.5. The molecule has 5 heteroatoms. The lowest BCUT2D eigenvalue weighted by atomic mass is 10.3. The van der Waals surface area contributed by atoms with Gasteiger partial charge >= 0.3 is 0 Å². The average molecular weight is 351 g/mol. The molecule has 0 radical (unpaired) electrons. The molecule has 1 aromatic carbocycles. The molecule has 1 atom stereocenters. The molecule has 1 fully saturated rings. The number of halogens is 2. The van der Waals surface area contributed by atoms with Gasteiger partial charge in [0.2, 0.25) is 5.91 Å². The van der Waals surface area contributed by atoms with Crippen molar-refractivity contribution in [2.24, 2.45) is 0 Å². The highest BCUT2D eigenvalue weighted by Gasteiger charge is 2.29. The Morgan fingerprint density at radius 2 is 2.13 bits per heavy atom. The number of thiol groups is 1. The average Bonchev–Trinajstić information content (AvgIpc) is 2.50. The molecule has 0 aromatic heterocycles. The Morgan fingerprint density at radius 1 is 1.40 bits per heavy atom. The van der Waals surface area contributed by atoms with Crippen molar-refractivity contribution in [3.05, 3.63) is 27.1 Å². The number of hydrogen-bond donors (Lipinski definition) is 1. The van der Waals surface area contributed by atoms with Crippen LogP contribution in [0, 0.1) is 0 Å². The Bertz CT molecular complexity index is 410. The van der Waals surface area contributed by atoms with E-state index >= 15 is 0 Å². The number of rotatable bonds is 1. The van der Waals surface area contributed by atoms with Crippen molar-refractivity contribution in [3.8, 4) is 0 Å². The van der Waals surface area contributed by atoms with E-state index in [-0.39, 0.29) is 11.2 Å². The predicted octanol–water partition coefficient (Wildman–Crippen LogP) is 3.25. The topological polar surface area (TPSA) is 20.3 Å². The summed E-state index contributed by atoms with van der Waals surface area (Å²) in [6.45, 7) is 0.678. The molecule has 0 spiro atoms. The molecule has 2 nitrogen and oxygen atoms in total. The van der Waals surface area contributed by atoms with Crippen LogP contribution in [0.15, 0.2) is 27.1 Å². The molecule has 80 valence electrons. The summed E-state index contributed by atoms with van der Waals surface area (Å²) in [5.41, 5.74) is 0.908. The van der Waals surface area contributed by atoms with Crippen molar-refractivity contribution >= 4 is 56.1 Å². The third-order valence-corrected chi connectivity index (χ3v) is 3.81. The maximum Gasteiger partial charge on any atom is 0.228 e. The number of amides is 1. The largest absolute Gasteiger partial charge is 0.310 e. The van der Waals surface area contributed by atoms with E-state index in [1.165, 1.54) is 0 Å². The molecule has 1 unspecified atom stereocenters. The van der Waals surface area contributed by atoms with E-state index in [9.17, 15) is 4.79 Å². The van der Waals surface area contributed by atoms with Crippen molar-refractivity contribution in [1.82, 2.24) is 0 Å². The summed E-state index contributed by atoms with van der Waals surface area (Å²) in [5.74, 6) is 0.133. The third kappa shape index (κ3) is 2.40. The zero-order chi connectivity index (χ0) is 11.0. The second kappa shape index (κ2) is 4.47. The van der Waals surface area contributed by atoms with Crippen LogP contribution in [0.25, 0.3) is 0 Å². The second-order valence-corrected chi connectivity index (χ2v) is 5.96. The first kappa shape index (κ1) is 11.5. The van der Waals surface area contributed by atoms with Crippen LogP contribution in [-0.4, -0.2) is 17.7 Å². The van der Waals surface area contributed by atoms with Crippen LogP contribution in [0.4, 0.5) is 5.69 Å². The zero-order valence-corrected chi connectivity index (χ0v) is 11.8. The molecular formula is C10H9Br2NOS. The highest BCUT2D eigenvalue weighted by Crippen LogP contribution is 2.33. The van der Waals surface area contributed by atoms with Gasteiger partial charge in [0.25, 0.3) is 0 Å². The van der Waals surface area contributed by atoms with Gasteiger partial charge in [-0.25, -0.2) is 0 Å². The summed E-state index contributed by atoms with van der Waals surface area (Å²) < 4.78 is 1.90. The first-order valence-electron chi connectivity index (χ1n) is 4.51. The van der Waals surface area contributed by atoms with Crippen LogP contribution in [0.2, 0.25) is 0 Å². The smallest absolute Gasteiger partial charge is 0.228 e. The van der Waals surface area contributed by atoms with Gasteiger partial charge in [0.05, 0.1) is 5.69 Å². The van der Waals surface area contributed by atoms with Crippen LogP contribution >= 0.6 is 44.5 Å². The molecule has 1 aliphatic heterocycles. The van der Waals surface area contributed by atoms with Gasteiger partial charge in [-0.3, -0.25) is 4.79 Å². The molecule has 1 heterocycles. The van der Waals surface area contributed by atoms with Crippen LogP contribution in [0.3, 0.4) is 0 Å². The minimum Gasteiger partial charge on any atom is -0.310 e. The fourth-order valence-electron chi connectivity index (χ4n) is 1.61. The molecule has 0 saturated carbocycles. The summed E-state index contributed by atoms with van der Waals surface area (Å²) in [6.07, 6.45) is 0.516. The molecule has 1 amide bonds. The molecule has 2 rings (SSSR count). The molecule has 0 bridgehead atoms. The van der Waals surface area contributed by atoms with Gasteiger partial charge in [-0.1, -0.05) is 15.9 Å². The Balaban J connectivity index is 2.37. The lowest BCUT2D eigenvalue weighted by Gasteiger charge is -2.18. The molecule has 1 aromatic rings. The van der Waals surface area contributed by atoms with Gasteiger partial charge in [0, 0.05) is 27.2 Å². The van der Waals surface area contributed by atoms with Crippen molar-refractivity contribution in [3.63, 3.8) is 0 Å². The van der Waals surface area contributed by atoms with Gasteiger partial charge in [0.1, 0.15) is 0 Å². The van der Waals surface area contributed by atoms with Crippen LogP contribution < -0.4 is 4.90 Å². The second-order valence-electron chi connectivity index (χ2n) is 3.46. The first-order chi connectivity index (χ1) is 7.08. The summed E-state index contributed by atoms with van der Waals surface area (Å²) in [6, 6.07) is 5.80. The molecule has 15 heavy (non-hydrogen) atoms. The minimum atomic E-state index is 0.133. The van der Waals surface area contributed by atoms with Crippen LogP contribution in [0.1, 0.15) is 6.42 Å². The first-order valence-corrected chi connectivity index (χ1v) is 6.61. The van der Waals surface area contributed by atoms with E-state index in [1.54, 1.807) is 4.90 Å². The molecule has 1 aliphatic rings. The Kier molecular flexibility index (Phi) is 3.42. The van der Waals surface area contributed by atoms with Gasteiger partial charge in [-0.05, 0) is 34.1 Å². The number of benzene rings is 1. The fraction of sp³-hybridized carbons (Fsp3) is 0.300. The van der Waals surface area contributed by atoms with Crippen molar-refractivity contribution in [1.29, 1.82) is 0 Å². The predicted molar refractivity (Wildman–Crippen MR) is 71.6 cm³/mol. The van der Waals surface area contributed by atoms with E-state index in [4.69, 9.17) is 0 Å².